The van der Waals surface area contributed by atoms with E-state index < -0.39 is 21.7 Å². The summed E-state index contributed by atoms with van der Waals surface area (Å²) < 4.78 is 56.5. The third-order valence-electron chi connectivity index (χ3n) is 4.08. The molecule has 4 rings (SSSR count). The van der Waals surface area contributed by atoms with Crippen molar-refractivity contribution in [3.63, 3.8) is 0 Å². The fourth-order valence-electron chi connectivity index (χ4n) is 3.02. The highest BCUT2D eigenvalue weighted by Gasteiger charge is 2.36. The van der Waals surface area contributed by atoms with Gasteiger partial charge in [0.15, 0.2) is 22.2 Å². The highest BCUT2D eigenvalue weighted by molar-refractivity contribution is 9.10. The van der Waals surface area contributed by atoms with Gasteiger partial charge in [0.1, 0.15) is 0 Å². The SMILES string of the molecule is Cc1nn2cc(Br)cnc2c1S(=O)(=O)N1CCc2cc(F)c(F)cc21. The molecule has 3 aromatic rings. The van der Waals surface area contributed by atoms with Crippen molar-refractivity contribution in [1.29, 1.82) is 0 Å². The summed E-state index contributed by atoms with van der Waals surface area (Å²) in [6, 6.07) is 1.96. The molecule has 3 heterocycles. The Labute approximate surface area is 150 Å². The van der Waals surface area contributed by atoms with E-state index in [0.29, 0.717) is 16.5 Å². The Bertz CT molecular complexity index is 1130. The Balaban J connectivity index is 1.91. The second-order valence-electron chi connectivity index (χ2n) is 5.68. The lowest BCUT2D eigenvalue weighted by atomic mass is 10.1. The number of nitrogens with zero attached hydrogens (tertiary/aromatic N) is 4. The van der Waals surface area contributed by atoms with E-state index >= 15 is 0 Å². The van der Waals surface area contributed by atoms with Gasteiger partial charge in [0.05, 0.1) is 15.9 Å². The van der Waals surface area contributed by atoms with Crippen molar-refractivity contribution in [2.45, 2.75) is 18.2 Å². The second kappa shape index (κ2) is 5.46. The highest BCUT2D eigenvalue weighted by atomic mass is 79.9. The van der Waals surface area contributed by atoms with Crippen LogP contribution in [0, 0.1) is 18.6 Å². The fourth-order valence-corrected chi connectivity index (χ4v) is 5.08. The summed E-state index contributed by atoms with van der Waals surface area (Å²) >= 11 is 3.26. The van der Waals surface area contributed by atoms with Crippen LogP contribution in [-0.4, -0.2) is 29.6 Å². The molecule has 10 heteroatoms. The van der Waals surface area contributed by atoms with Gasteiger partial charge < -0.3 is 0 Å². The summed E-state index contributed by atoms with van der Waals surface area (Å²) in [5.41, 5.74) is 1.06. The first-order chi connectivity index (χ1) is 11.8. The number of aryl methyl sites for hydroxylation is 1. The standard InChI is InChI=1S/C15H11BrF2N4O2S/c1-8-14(15-19-6-10(16)7-21(15)20-8)25(23,24)22-3-2-9-4-11(17)12(18)5-13(9)22/h4-7H,2-3H2,1H3. The molecule has 0 radical (unpaired) electrons. The zero-order chi connectivity index (χ0) is 17.9. The van der Waals surface area contributed by atoms with Gasteiger partial charge in [-0.15, -0.1) is 0 Å². The molecule has 0 bridgehead atoms. The van der Waals surface area contributed by atoms with E-state index in [1.54, 1.807) is 13.1 Å². The zero-order valence-electron chi connectivity index (χ0n) is 12.9. The minimum Gasteiger partial charge on any atom is -0.265 e. The van der Waals surface area contributed by atoms with Crippen LogP contribution in [0.25, 0.3) is 5.65 Å². The maximum Gasteiger partial charge on any atom is 0.270 e. The summed E-state index contributed by atoms with van der Waals surface area (Å²) in [4.78, 5) is 4.10. The summed E-state index contributed by atoms with van der Waals surface area (Å²) in [5.74, 6) is -2.07. The minimum absolute atomic E-state index is 0.0439. The number of anilines is 1. The Morgan fingerprint density at radius 1 is 1.24 bits per heavy atom. The number of aromatic nitrogens is 3. The molecule has 0 spiro atoms. The van der Waals surface area contributed by atoms with Gasteiger partial charge in [-0.2, -0.15) is 5.10 Å². The van der Waals surface area contributed by atoms with Crippen molar-refractivity contribution >= 4 is 37.3 Å². The normalized spacial score (nSPS) is 14.3. The average Bonchev–Trinajstić information content (AvgIpc) is 3.07. The average molecular weight is 429 g/mol. The molecule has 0 N–H and O–H groups in total. The lowest BCUT2D eigenvalue weighted by Gasteiger charge is -2.19. The Morgan fingerprint density at radius 2 is 1.96 bits per heavy atom. The van der Waals surface area contributed by atoms with Gasteiger partial charge >= 0.3 is 0 Å². The quantitative estimate of drug-likeness (QED) is 0.629. The molecule has 1 aliphatic heterocycles. The predicted molar refractivity (Wildman–Crippen MR) is 90.0 cm³/mol. The highest BCUT2D eigenvalue weighted by Crippen LogP contribution is 2.36. The van der Waals surface area contributed by atoms with Gasteiger partial charge in [0, 0.05) is 25.0 Å². The topological polar surface area (TPSA) is 67.6 Å². The molecule has 0 aliphatic carbocycles. The van der Waals surface area contributed by atoms with Crippen molar-refractivity contribution in [2.75, 3.05) is 10.8 Å². The predicted octanol–water partition coefficient (Wildman–Crippen LogP) is 2.83. The first-order valence-corrected chi connectivity index (χ1v) is 9.53. The lowest BCUT2D eigenvalue weighted by Crippen LogP contribution is -2.29. The number of hydrogen-bond acceptors (Lipinski definition) is 4. The second-order valence-corrected chi connectivity index (χ2v) is 8.39. The fraction of sp³-hybridized carbons (Fsp3) is 0.200. The first kappa shape index (κ1) is 16.4. The molecule has 0 unspecified atom stereocenters. The van der Waals surface area contributed by atoms with Crippen LogP contribution in [0.5, 0.6) is 0 Å². The molecular weight excluding hydrogens is 418 g/mol. The largest absolute Gasteiger partial charge is 0.270 e. The molecule has 1 aromatic carbocycles. The summed E-state index contributed by atoms with van der Waals surface area (Å²) in [7, 11) is -4.03. The summed E-state index contributed by atoms with van der Waals surface area (Å²) in [6.07, 6.45) is 3.38. The van der Waals surface area contributed by atoms with E-state index in [2.05, 4.69) is 26.0 Å². The molecular formula is C15H11BrF2N4O2S. The molecule has 1 aliphatic rings. The van der Waals surface area contributed by atoms with Gasteiger partial charge in [-0.25, -0.2) is 26.7 Å². The lowest BCUT2D eigenvalue weighted by molar-refractivity contribution is 0.508. The number of rotatable bonds is 2. The Kier molecular flexibility index (Phi) is 3.58. The maximum atomic E-state index is 13.6. The molecule has 0 saturated heterocycles. The van der Waals surface area contributed by atoms with Crippen LogP contribution in [0.2, 0.25) is 0 Å². The van der Waals surface area contributed by atoms with E-state index in [1.807, 2.05) is 0 Å². The summed E-state index contributed by atoms with van der Waals surface area (Å²) in [6.45, 7) is 1.67. The monoisotopic (exact) mass is 428 g/mol. The molecule has 25 heavy (non-hydrogen) atoms. The number of benzene rings is 1. The number of fused-ring (bicyclic) bond motifs is 2. The van der Waals surface area contributed by atoms with Crippen LogP contribution in [-0.2, 0) is 16.4 Å². The molecule has 130 valence electrons. The molecule has 0 atom stereocenters. The third kappa shape index (κ3) is 2.43. The molecule has 0 amide bonds. The Morgan fingerprint density at radius 3 is 2.72 bits per heavy atom. The Hall–Kier alpha value is -2.07. The van der Waals surface area contributed by atoms with Crippen molar-refractivity contribution in [2.24, 2.45) is 0 Å². The maximum absolute atomic E-state index is 13.6. The van der Waals surface area contributed by atoms with E-state index in [9.17, 15) is 17.2 Å². The van der Waals surface area contributed by atoms with E-state index in [0.717, 1.165) is 16.4 Å². The number of hydrogen-bond donors (Lipinski definition) is 0. The van der Waals surface area contributed by atoms with Crippen molar-refractivity contribution in [1.82, 2.24) is 14.6 Å². The van der Waals surface area contributed by atoms with Crippen LogP contribution in [0.1, 0.15) is 11.3 Å². The number of halogens is 3. The van der Waals surface area contributed by atoms with Gasteiger partial charge in [-0.1, -0.05) is 0 Å². The van der Waals surface area contributed by atoms with Gasteiger partial charge in [-0.05, 0) is 40.9 Å². The van der Waals surface area contributed by atoms with Gasteiger partial charge in [-0.3, -0.25) is 4.31 Å². The minimum atomic E-state index is -4.03. The van der Waals surface area contributed by atoms with E-state index in [4.69, 9.17) is 0 Å². The number of sulfonamides is 1. The van der Waals surface area contributed by atoms with Crippen LogP contribution in [0.15, 0.2) is 33.9 Å². The van der Waals surface area contributed by atoms with E-state index in [1.165, 1.54) is 10.7 Å². The van der Waals surface area contributed by atoms with Crippen LogP contribution < -0.4 is 4.31 Å². The smallest absolute Gasteiger partial charge is 0.265 e. The first-order valence-electron chi connectivity index (χ1n) is 7.30. The molecule has 2 aromatic heterocycles. The van der Waals surface area contributed by atoms with Crippen molar-refractivity contribution < 1.29 is 17.2 Å². The van der Waals surface area contributed by atoms with E-state index in [-0.39, 0.29) is 28.5 Å². The van der Waals surface area contributed by atoms with Crippen LogP contribution in [0.3, 0.4) is 0 Å². The molecule has 0 fully saturated rings. The van der Waals surface area contributed by atoms with Gasteiger partial charge in [0.25, 0.3) is 10.0 Å². The van der Waals surface area contributed by atoms with Crippen molar-refractivity contribution in [3.8, 4) is 0 Å². The molecule has 0 saturated carbocycles. The molecule has 6 nitrogen and oxygen atoms in total. The van der Waals surface area contributed by atoms with Crippen molar-refractivity contribution in [3.05, 3.63) is 51.9 Å². The summed E-state index contributed by atoms with van der Waals surface area (Å²) in [5, 5.41) is 4.18. The van der Waals surface area contributed by atoms with Crippen LogP contribution >= 0.6 is 15.9 Å². The third-order valence-corrected chi connectivity index (χ3v) is 6.45. The zero-order valence-corrected chi connectivity index (χ0v) is 15.3. The van der Waals surface area contributed by atoms with Crippen LogP contribution in [0.4, 0.5) is 14.5 Å². The van der Waals surface area contributed by atoms with Gasteiger partial charge in [0.2, 0.25) is 0 Å².